The van der Waals surface area contributed by atoms with E-state index in [0.29, 0.717) is 6.04 Å². The van der Waals surface area contributed by atoms with Crippen LogP contribution in [0.1, 0.15) is 18.2 Å². The second kappa shape index (κ2) is 8.08. The van der Waals surface area contributed by atoms with Gasteiger partial charge in [-0.15, -0.1) is 11.8 Å². The first-order chi connectivity index (χ1) is 9.81. The van der Waals surface area contributed by atoms with E-state index >= 15 is 0 Å². The van der Waals surface area contributed by atoms with E-state index in [0.717, 1.165) is 24.3 Å². The largest absolute Gasteiger partial charge is 0.316 e. The maximum atomic E-state index is 4.54. The monoisotopic (exact) mass is 286 g/mol. The Balaban J connectivity index is 1.88. The molecule has 1 aromatic carbocycles. The van der Waals surface area contributed by atoms with E-state index in [4.69, 9.17) is 0 Å². The molecule has 2 nitrogen and oxygen atoms in total. The van der Waals surface area contributed by atoms with Crippen molar-refractivity contribution in [1.29, 1.82) is 0 Å². The molecule has 0 bridgehead atoms. The first kappa shape index (κ1) is 15.1. The van der Waals surface area contributed by atoms with Crippen LogP contribution in [0.5, 0.6) is 0 Å². The molecule has 20 heavy (non-hydrogen) atoms. The number of hydrogen-bond acceptors (Lipinski definition) is 3. The Bertz CT molecular complexity index is 496. The fraction of sp³-hybridized carbons (Fsp3) is 0.353. The topological polar surface area (TPSA) is 24.9 Å². The second-order valence-corrected chi connectivity index (χ2v) is 5.92. The standard InChI is InChI=1S/C17H22N2S/c1-3-14-9-10-15(19-12-14)11-16(18-2)13-20-17-7-5-4-6-8-17/h4-10,12,16,18H,3,11,13H2,1-2H3. The number of likely N-dealkylation sites (N-methyl/N-ethyl adjacent to an activating group) is 1. The number of benzene rings is 1. The van der Waals surface area contributed by atoms with Gasteiger partial charge in [-0.05, 0) is 37.2 Å². The van der Waals surface area contributed by atoms with Crippen molar-refractivity contribution >= 4 is 11.8 Å². The molecular weight excluding hydrogens is 264 g/mol. The van der Waals surface area contributed by atoms with E-state index in [-0.39, 0.29) is 0 Å². The van der Waals surface area contributed by atoms with Gasteiger partial charge in [0.2, 0.25) is 0 Å². The van der Waals surface area contributed by atoms with Crippen LogP contribution in [0, 0.1) is 0 Å². The molecule has 2 aromatic rings. The Morgan fingerprint density at radius 1 is 1.15 bits per heavy atom. The Morgan fingerprint density at radius 2 is 1.95 bits per heavy atom. The molecule has 0 radical (unpaired) electrons. The molecule has 1 unspecified atom stereocenters. The molecule has 2 rings (SSSR count). The van der Waals surface area contributed by atoms with E-state index < -0.39 is 0 Å². The van der Waals surface area contributed by atoms with Gasteiger partial charge in [0.1, 0.15) is 0 Å². The van der Waals surface area contributed by atoms with Crippen LogP contribution in [0.25, 0.3) is 0 Å². The van der Waals surface area contributed by atoms with E-state index in [9.17, 15) is 0 Å². The summed E-state index contributed by atoms with van der Waals surface area (Å²) in [4.78, 5) is 5.86. The highest BCUT2D eigenvalue weighted by Crippen LogP contribution is 2.19. The summed E-state index contributed by atoms with van der Waals surface area (Å²) in [7, 11) is 2.02. The van der Waals surface area contributed by atoms with Crippen LogP contribution in [0.4, 0.5) is 0 Å². The lowest BCUT2D eigenvalue weighted by Gasteiger charge is -2.15. The lowest BCUT2D eigenvalue weighted by molar-refractivity contribution is 0.609. The molecule has 0 saturated carbocycles. The van der Waals surface area contributed by atoms with Gasteiger partial charge < -0.3 is 5.32 Å². The van der Waals surface area contributed by atoms with Crippen LogP contribution < -0.4 is 5.32 Å². The average molecular weight is 286 g/mol. The molecule has 3 heteroatoms. The third-order valence-electron chi connectivity index (χ3n) is 3.35. The van der Waals surface area contributed by atoms with Crippen molar-refractivity contribution in [2.24, 2.45) is 0 Å². The zero-order valence-electron chi connectivity index (χ0n) is 12.2. The minimum atomic E-state index is 0.445. The predicted octanol–water partition coefficient (Wildman–Crippen LogP) is 3.57. The number of hydrogen-bond donors (Lipinski definition) is 1. The summed E-state index contributed by atoms with van der Waals surface area (Å²) < 4.78 is 0. The highest BCUT2D eigenvalue weighted by atomic mass is 32.2. The van der Waals surface area contributed by atoms with Crippen LogP contribution in [0.15, 0.2) is 53.6 Å². The predicted molar refractivity (Wildman–Crippen MR) is 87.3 cm³/mol. The number of aromatic nitrogens is 1. The van der Waals surface area contributed by atoms with E-state index in [2.05, 4.69) is 59.7 Å². The van der Waals surface area contributed by atoms with Crippen molar-refractivity contribution in [3.8, 4) is 0 Å². The van der Waals surface area contributed by atoms with Gasteiger partial charge in [0.15, 0.2) is 0 Å². The number of thioether (sulfide) groups is 1. The van der Waals surface area contributed by atoms with Crippen LogP contribution in [-0.2, 0) is 12.8 Å². The average Bonchev–Trinajstić information content (AvgIpc) is 2.53. The molecule has 0 amide bonds. The normalized spacial score (nSPS) is 12.3. The summed E-state index contributed by atoms with van der Waals surface area (Å²) in [5, 5.41) is 3.39. The molecule has 106 valence electrons. The third kappa shape index (κ3) is 4.66. The summed E-state index contributed by atoms with van der Waals surface area (Å²) in [5.41, 5.74) is 2.46. The zero-order chi connectivity index (χ0) is 14.2. The second-order valence-electron chi connectivity index (χ2n) is 4.83. The van der Waals surface area contributed by atoms with Crippen LogP contribution >= 0.6 is 11.8 Å². The van der Waals surface area contributed by atoms with Crippen molar-refractivity contribution in [3.63, 3.8) is 0 Å². The van der Waals surface area contributed by atoms with Gasteiger partial charge in [0, 0.05) is 35.0 Å². The summed E-state index contributed by atoms with van der Waals surface area (Å²) in [6, 6.07) is 15.3. The molecule has 1 aromatic heterocycles. The summed E-state index contributed by atoms with van der Waals surface area (Å²) in [5.74, 6) is 1.05. The molecule has 0 fully saturated rings. The van der Waals surface area contributed by atoms with Crippen molar-refractivity contribution in [2.45, 2.75) is 30.7 Å². The van der Waals surface area contributed by atoms with Gasteiger partial charge in [0.25, 0.3) is 0 Å². The fourth-order valence-corrected chi connectivity index (χ4v) is 3.02. The minimum Gasteiger partial charge on any atom is -0.316 e. The molecule has 0 spiro atoms. The highest BCUT2D eigenvalue weighted by molar-refractivity contribution is 7.99. The van der Waals surface area contributed by atoms with Gasteiger partial charge in [-0.25, -0.2) is 0 Å². The van der Waals surface area contributed by atoms with Crippen LogP contribution in [0.3, 0.4) is 0 Å². The van der Waals surface area contributed by atoms with Crippen LogP contribution in [-0.4, -0.2) is 23.8 Å². The maximum absolute atomic E-state index is 4.54. The number of pyridine rings is 1. The zero-order valence-corrected chi connectivity index (χ0v) is 13.0. The van der Waals surface area contributed by atoms with Gasteiger partial charge >= 0.3 is 0 Å². The number of nitrogens with zero attached hydrogens (tertiary/aromatic N) is 1. The molecule has 0 aliphatic heterocycles. The molecule has 1 N–H and O–H groups in total. The Hall–Kier alpha value is -1.32. The Morgan fingerprint density at radius 3 is 2.55 bits per heavy atom. The number of rotatable bonds is 7. The first-order valence-electron chi connectivity index (χ1n) is 7.10. The van der Waals surface area contributed by atoms with Gasteiger partial charge in [-0.1, -0.05) is 31.2 Å². The SMILES string of the molecule is CCc1ccc(CC(CSc2ccccc2)NC)nc1. The molecule has 1 heterocycles. The number of aryl methyl sites for hydroxylation is 1. The molecule has 0 aliphatic carbocycles. The van der Waals surface area contributed by atoms with Gasteiger partial charge in [0.05, 0.1) is 0 Å². The Kier molecular flexibility index (Phi) is 6.09. The van der Waals surface area contributed by atoms with Crippen molar-refractivity contribution in [2.75, 3.05) is 12.8 Å². The summed E-state index contributed by atoms with van der Waals surface area (Å²) in [6.45, 7) is 2.16. The molecular formula is C17H22N2S. The molecule has 0 aliphatic rings. The van der Waals surface area contributed by atoms with Crippen LogP contribution in [0.2, 0.25) is 0 Å². The lowest BCUT2D eigenvalue weighted by atomic mass is 10.1. The lowest BCUT2D eigenvalue weighted by Crippen LogP contribution is -2.30. The van der Waals surface area contributed by atoms with E-state index in [1.165, 1.54) is 10.5 Å². The smallest absolute Gasteiger partial charge is 0.0419 e. The molecule has 0 saturated heterocycles. The quantitative estimate of drug-likeness (QED) is 0.788. The van der Waals surface area contributed by atoms with Gasteiger partial charge in [-0.2, -0.15) is 0 Å². The molecule has 1 atom stereocenters. The maximum Gasteiger partial charge on any atom is 0.0419 e. The first-order valence-corrected chi connectivity index (χ1v) is 8.09. The van der Waals surface area contributed by atoms with Crippen molar-refractivity contribution < 1.29 is 0 Å². The Labute approximate surface area is 126 Å². The third-order valence-corrected chi connectivity index (χ3v) is 4.53. The van der Waals surface area contributed by atoms with E-state index in [1.54, 1.807) is 0 Å². The van der Waals surface area contributed by atoms with Crippen molar-refractivity contribution in [1.82, 2.24) is 10.3 Å². The summed E-state index contributed by atoms with van der Waals surface area (Å²) >= 11 is 1.89. The van der Waals surface area contributed by atoms with Crippen molar-refractivity contribution in [3.05, 3.63) is 59.9 Å². The fourth-order valence-electron chi connectivity index (χ4n) is 2.00. The number of nitrogens with one attached hydrogen (secondary N) is 1. The summed E-state index contributed by atoms with van der Waals surface area (Å²) in [6.07, 6.45) is 4.01. The highest BCUT2D eigenvalue weighted by Gasteiger charge is 2.09. The minimum absolute atomic E-state index is 0.445. The van der Waals surface area contributed by atoms with Gasteiger partial charge in [-0.3, -0.25) is 4.98 Å². The van der Waals surface area contributed by atoms with E-state index in [1.807, 2.05) is 25.0 Å².